The van der Waals surface area contributed by atoms with Crippen LogP contribution in [0.1, 0.15) is 53.4 Å². The Morgan fingerprint density at radius 1 is 1.21 bits per heavy atom. The molecule has 112 valence electrons. The predicted octanol–water partition coefficient (Wildman–Crippen LogP) is 2.56. The SMILES string of the molecule is CC1(C)CC(NCC(C)(C)C2CCOCC2)CCN1. The Balaban J connectivity index is 1.80. The topological polar surface area (TPSA) is 33.3 Å². The van der Waals surface area contributed by atoms with E-state index in [0.717, 1.165) is 32.2 Å². The van der Waals surface area contributed by atoms with Gasteiger partial charge >= 0.3 is 0 Å². The van der Waals surface area contributed by atoms with E-state index < -0.39 is 0 Å². The minimum atomic E-state index is 0.290. The molecule has 3 heteroatoms. The molecule has 2 rings (SSSR count). The first-order valence-electron chi connectivity index (χ1n) is 7.95. The van der Waals surface area contributed by atoms with Gasteiger partial charge in [0.2, 0.25) is 0 Å². The van der Waals surface area contributed by atoms with Crippen LogP contribution in [-0.2, 0) is 4.74 Å². The van der Waals surface area contributed by atoms with Gasteiger partial charge in [-0.3, -0.25) is 0 Å². The van der Waals surface area contributed by atoms with Crippen LogP contribution in [0.15, 0.2) is 0 Å². The summed E-state index contributed by atoms with van der Waals surface area (Å²) < 4.78 is 5.49. The minimum absolute atomic E-state index is 0.290. The maximum atomic E-state index is 5.49. The summed E-state index contributed by atoms with van der Waals surface area (Å²) >= 11 is 0. The number of nitrogens with one attached hydrogen (secondary N) is 2. The van der Waals surface area contributed by atoms with Gasteiger partial charge < -0.3 is 15.4 Å². The molecule has 2 aliphatic heterocycles. The van der Waals surface area contributed by atoms with E-state index >= 15 is 0 Å². The number of hydrogen-bond acceptors (Lipinski definition) is 3. The number of ether oxygens (including phenoxy) is 1. The molecule has 0 aliphatic carbocycles. The second-order valence-corrected chi connectivity index (χ2v) is 7.76. The van der Waals surface area contributed by atoms with Gasteiger partial charge in [0.15, 0.2) is 0 Å². The van der Waals surface area contributed by atoms with Crippen molar-refractivity contribution in [1.82, 2.24) is 10.6 Å². The predicted molar refractivity (Wildman–Crippen MR) is 80.4 cm³/mol. The average Bonchev–Trinajstić information content (AvgIpc) is 2.37. The first kappa shape index (κ1) is 15.3. The molecule has 0 radical (unpaired) electrons. The molecule has 1 atom stereocenters. The lowest BCUT2D eigenvalue weighted by molar-refractivity contribution is 0.0211. The van der Waals surface area contributed by atoms with Gasteiger partial charge in [-0.1, -0.05) is 13.8 Å². The largest absolute Gasteiger partial charge is 0.381 e. The summed E-state index contributed by atoms with van der Waals surface area (Å²) in [7, 11) is 0. The third-order valence-corrected chi connectivity index (χ3v) is 5.03. The van der Waals surface area contributed by atoms with E-state index in [-0.39, 0.29) is 0 Å². The van der Waals surface area contributed by atoms with Crippen molar-refractivity contribution in [3.8, 4) is 0 Å². The van der Waals surface area contributed by atoms with Gasteiger partial charge in [0, 0.05) is 31.3 Å². The van der Waals surface area contributed by atoms with E-state index in [9.17, 15) is 0 Å². The van der Waals surface area contributed by atoms with Crippen LogP contribution in [0.3, 0.4) is 0 Å². The van der Waals surface area contributed by atoms with Gasteiger partial charge in [-0.05, 0) is 57.4 Å². The van der Waals surface area contributed by atoms with E-state index in [1.807, 2.05) is 0 Å². The Morgan fingerprint density at radius 2 is 1.89 bits per heavy atom. The molecule has 2 aliphatic rings. The molecule has 0 bridgehead atoms. The molecule has 2 fully saturated rings. The van der Waals surface area contributed by atoms with Crippen LogP contribution in [0.2, 0.25) is 0 Å². The highest BCUT2D eigenvalue weighted by Crippen LogP contribution is 2.34. The van der Waals surface area contributed by atoms with Crippen LogP contribution in [0.4, 0.5) is 0 Å². The summed E-state index contributed by atoms with van der Waals surface area (Å²) in [5.74, 6) is 0.809. The van der Waals surface area contributed by atoms with E-state index in [2.05, 4.69) is 38.3 Å². The monoisotopic (exact) mass is 268 g/mol. The third kappa shape index (κ3) is 4.44. The summed E-state index contributed by atoms with van der Waals surface area (Å²) in [6, 6.07) is 0.676. The van der Waals surface area contributed by atoms with Crippen molar-refractivity contribution in [2.75, 3.05) is 26.3 Å². The van der Waals surface area contributed by atoms with Crippen molar-refractivity contribution in [3.05, 3.63) is 0 Å². The Labute approximate surface area is 118 Å². The van der Waals surface area contributed by atoms with Gasteiger partial charge in [-0.2, -0.15) is 0 Å². The molecule has 0 amide bonds. The van der Waals surface area contributed by atoms with Crippen molar-refractivity contribution in [1.29, 1.82) is 0 Å². The second kappa shape index (κ2) is 6.11. The summed E-state index contributed by atoms with van der Waals surface area (Å²) in [5.41, 5.74) is 0.678. The zero-order chi connectivity index (χ0) is 13.9. The molecule has 2 heterocycles. The van der Waals surface area contributed by atoms with Gasteiger partial charge in [0.25, 0.3) is 0 Å². The zero-order valence-electron chi connectivity index (χ0n) is 13.2. The average molecular weight is 268 g/mol. The lowest BCUT2D eigenvalue weighted by atomic mass is 9.74. The zero-order valence-corrected chi connectivity index (χ0v) is 13.2. The van der Waals surface area contributed by atoms with Gasteiger partial charge in [-0.25, -0.2) is 0 Å². The number of rotatable bonds is 4. The van der Waals surface area contributed by atoms with E-state index in [4.69, 9.17) is 4.74 Å². The normalized spacial score (nSPS) is 29.4. The minimum Gasteiger partial charge on any atom is -0.381 e. The molecule has 0 aromatic heterocycles. The second-order valence-electron chi connectivity index (χ2n) is 7.76. The maximum absolute atomic E-state index is 5.49. The summed E-state index contributed by atoms with van der Waals surface area (Å²) in [6.45, 7) is 13.6. The third-order valence-electron chi connectivity index (χ3n) is 5.03. The van der Waals surface area contributed by atoms with Crippen LogP contribution < -0.4 is 10.6 Å². The molecular formula is C16H32N2O. The first-order valence-corrected chi connectivity index (χ1v) is 7.95. The van der Waals surface area contributed by atoms with E-state index in [1.165, 1.54) is 25.7 Å². The summed E-state index contributed by atoms with van der Waals surface area (Å²) in [5, 5.41) is 7.43. The highest BCUT2D eigenvalue weighted by molar-refractivity contribution is 4.91. The van der Waals surface area contributed by atoms with Crippen LogP contribution >= 0.6 is 0 Å². The summed E-state index contributed by atoms with van der Waals surface area (Å²) in [6.07, 6.45) is 4.95. The fourth-order valence-electron chi connectivity index (χ4n) is 3.58. The van der Waals surface area contributed by atoms with Gasteiger partial charge in [0.1, 0.15) is 0 Å². The van der Waals surface area contributed by atoms with Gasteiger partial charge in [0.05, 0.1) is 0 Å². The van der Waals surface area contributed by atoms with Crippen LogP contribution in [0.25, 0.3) is 0 Å². The Kier molecular flexibility index (Phi) is 4.91. The molecule has 2 saturated heterocycles. The van der Waals surface area contributed by atoms with E-state index in [0.29, 0.717) is 17.0 Å². The van der Waals surface area contributed by atoms with Crippen molar-refractivity contribution in [3.63, 3.8) is 0 Å². The first-order chi connectivity index (χ1) is 8.89. The van der Waals surface area contributed by atoms with Crippen molar-refractivity contribution in [2.24, 2.45) is 11.3 Å². The van der Waals surface area contributed by atoms with Crippen molar-refractivity contribution < 1.29 is 4.74 Å². The highest BCUT2D eigenvalue weighted by atomic mass is 16.5. The standard InChI is InChI=1S/C16H32N2O/c1-15(2,13-6-9-19-10-7-13)12-17-14-5-8-18-16(3,4)11-14/h13-14,17-18H,5-12H2,1-4H3. The highest BCUT2D eigenvalue weighted by Gasteiger charge is 2.33. The Bertz CT molecular complexity index is 282. The van der Waals surface area contributed by atoms with Crippen LogP contribution in [0.5, 0.6) is 0 Å². The number of piperidine rings is 1. The quantitative estimate of drug-likeness (QED) is 0.822. The molecule has 0 spiro atoms. The molecule has 1 unspecified atom stereocenters. The molecule has 0 saturated carbocycles. The fraction of sp³-hybridized carbons (Fsp3) is 1.00. The fourth-order valence-corrected chi connectivity index (χ4v) is 3.58. The molecule has 2 N–H and O–H groups in total. The van der Waals surface area contributed by atoms with Crippen LogP contribution in [0, 0.1) is 11.3 Å². The molecule has 3 nitrogen and oxygen atoms in total. The smallest absolute Gasteiger partial charge is 0.0468 e. The molecule has 0 aromatic rings. The molecule has 0 aromatic carbocycles. The lowest BCUT2D eigenvalue weighted by Gasteiger charge is -2.41. The van der Waals surface area contributed by atoms with Crippen LogP contribution in [-0.4, -0.2) is 37.9 Å². The lowest BCUT2D eigenvalue weighted by Crippen LogP contribution is -2.53. The van der Waals surface area contributed by atoms with E-state index in [1.54, 1.807) is 0 Å². The van der Waals surface area contributed by atoms with Crippen molar-refractivity contribution >= 4 is 0 Å². The molecule has 19 heavy (non-hydrogen) atoms. The maximum Gasteiger partial charge on any atom is 0.0468 e. The molecular weight excluding hydrogens is 236 g/mol. The Morgan fingerprint density at radius 3 is 2.53 bits per heavy atom. The Hall–Kier alpha value is -0.120. The van der Waals surface area contributed by atoms with Crippen molar-refractivity contribution in [2.45, 2.75) is 65.0 Å². The summed E-state index contributed by atoms with van der Waals surface area (Å²) in [4.78, 5) is 0. The number of hydrogen-bond donors (Lipinski definition) is 2. The van der Waals surface area contributed by atoms with Gasteiger partial charge in [-0.15, -0.1) is 0 Å².